The molecule has 0 radical (unpaired) electrons. The van der Waals surface area contributed by atoms with Crippen LogP contribution >= 0.6 is 0 Å². The minimum absolute atomic E-state index is 0.238. The molecule has 0 aliphatic carbocycles. The van der Waals surface area contributed by atoms with Crippen LogP contribution in [0.15, 0.2) is 24.6 Å². The van der Waals surface area contributed by atoms with Gasteiger partial charge in [0, 0.05) is 12.8 Å². The monoisotopic (exact) mass is 252 g/mol. The molecule has 0 saturated carbocycles. The van der Waals surface area contributed by atoms with Gasteiger partial charge in [-0.1, -0.05) is 13.2 Å². The molecule has 0 unspecified atom stereocenters. The number of hydrogen-bond donors (Lipinski definition) is 0. The Morgan fingerprint density at radius 3 is 1.56 bits per heavy atom. The van der Waals surface area contributed by atoms with Crippen LogP contribution < -0.4 is 0 Å². The first-order valence-electron chi connectivity index (χ1n) is 5.40. The van der Waals surface area contributed by atoms with Crippen LogP contribution in [0.2, 0.25) is 0 Å². The molecule has 18 heavy (non-hydrogen) atoms. The SMILES string of the molecule is C=C1CCC(=O)N1OC(=O)ON1C(=C)CCC1=O. The molecule has 0 spiro atoms. The second-order valence-corrected chi connectivity index (χ2v) is 3.94. The van der Waals surface area contributed by atoms with Crippen LogP contribution in [-0.2, 0) is 19.3 Å². The smallest absolute Gasteiger partial charge is 0.297 e. The molecule has 2 saturated heterocycles. The van der Waals surface area contributed by atoms with Crippen LogP contribution in [-0.4, -0.2) is 28.1 Å². The second kappa shape index (κ2) is 4.52. The maximum atomic E-state index is 11.4. The molecule has 2 amide bonds. The first-order valence-corrected chi connectivity index (χ1v) is 5.40. The summed E-state index contributed by atoms with van der Waals surface area (Å²) in [6.45, 7) is 7.15. The topological polar surface area (TPSA) is 76.2 Å². The lowest BCUT2D eigenvalue weighted by atomic mass is 10.3. The van der Waals surface area contributed by atoms with Crippen LogP contribution in [0.25, 0.3) is 0 Å². The number of carbonyl (C=O) groups excluding carboxylic acids is 3. The maximum absolute atomic E-state index is 11.4. The zero-order valence-electron chi connectivity index (χ0n) is 9.68. The molecule has 2 fully saturated rings. The van der Waals surface area contributed by atoms with Gasteiger partial charge in [-0.15, -0.1) is 10.1 Å². The molecule has 96 valence electrons. The van der Waals surface area contributed by atoms with Crippen molar-refractivity contribution < 1.29 is 24.1 Å². The largest absolute Gasteiger partial charge is 0.559 e. The van der Waals surface area contributed by atoms with Crippen molar-refractivity contribution in [3.05, 3.63) is 24.6 Å². The molecule has 7 nitrogen and oxygen atoms in total. The van der Waals surface area contributed by atoms with Crippen molar-refractivity contribution >= 4 is 18.0 Å². The third-order valence-electron chi connectivity index (χ3n) is 2.61. The summed E-state index contributed by atoms with van der Waals surface area (Å²) in [5.74, 6) is -0.743. The van der Waals surface area contributed by atoms with Gasteiger partial charge in [-0.05, 0) is 12.8 Å². The summed E-state index contributed by atoms with van der Waals surface area (Å²) in [6.07, 6.45) is 0.175. The summed E-state index contributed by atoms with van der Waals surface area (Å²) in [6, 6.07) is 0. The molecular formula is C11H12N2O5. The zero-order valence-corrected chi connectivity index (χ0v) is 9.68. The van der Waals surface area contributed by atoms with Crippen molar-refractivity contribution in [3.63, 3.8) is 0 Å². The molecule has 2 rings (SSSR count). The number of allylic oxidation sites excluding steroid dienone is 2. The van der Waals surface area contributed by atoms with Crippen molar-refractivity contribution in [2.24, 2.45) is 0 Å². The summed E-state index contributed by atoms with van der Waals surface area (Å²) in [5.41, 5.74) is 0.757. The minimum atomic E-state index is -1.16. The third kappa shape index (κ3) is 2.20. The maximum Gasteiger partial charge on any atom is 0.559 e. The highest BCUT2D eigenvalue weighted by Crippen LogP contribution is 2.23. The quantitative estimate of drug-likeness (QED) is 0.739. The van der Waals surface area contributed by atoms with E-state index >= 15 is 0 Å². The van der Waals surface area contributed by atoms with E-state index in [1.807, 2.05) is 0 Å². The van der Waals surface area contributed by atoms with Crippen LogP contribution in [0.4, 0.5) is 4.79 Å². The Morgan fingerprint density at radius 1 is 0.889 bits per heavy atom. The summed E-state index contributed by atoms with van der Waals surface area (Å²) in [4.78, 5) is 43.4. The number of amides is 2. The summed E-state index contributed by atoms with van der Waals surface area (Å²) in [7, 11) is 0. The predicted molar refractivity (Wildman–Crippen MR) is 58.0 cm³/mol. The van der Waals surface area contributed by atoms with E-state index in [4.69, 9.17) is 0 Å². The molecule has 2 aliphatic rings. The Morgan fingerprint density at radius 2 is 1.28 bits per heavy atom. The van der Waals surface area contributed by atoms with Gasteiger partial charge in [0.2, 0.25) is 0 Å². The Kier molecular flexibility index (Phi) is 3.05. The van der Waals surface area contributed by atoms with Crippen LogP contribution in [0, 0.1) is 0 Å². The highest BCUT2D eigenvalue weighted by molar-refractivity contribution is 5.82. The second-order valence-electron chi connectivity index (χ2n) is 3.94. The van der Waals surface area contributed by atoms with Crippen molar-refractivity contribution in [1.29, 1.82) is 0 Å². The van der Waals surface area contributed by atoms with Gasteiger partial charge in [-0.25, -0.2) is 0 Å². The Bertz CT molecular complexity index is 384. The van der Waals surface area contributed by atoms with Crippen LogP contribution in [0.3, 0.4) is 0 Å². The van der Waals surface area contributed by atoms with E-state index in [2.05, 4.69) is 22.8 Å². The fourth-order valence-corrected chi connectivity index (χ4v) is 1.66. The van der Waals surface area contributed by atoms with E-state index in [0.29, 0.717) is 24.2 Å². The van der Waals surface area contributed by atoms with E-state index in [1.54, 1.807) is 0 Å². The van der Waals surface area contributed by atoms with Crippen molar-refractivity contribution in [1.82, 2.24) is 10.1 Å². The molecule has 2 heterocycles. The molecule has 0 aromatic carbocycles. The summed E-state index contributed by atoms with van der Waals surface area (Å²) in [5, 5.41) is 1.57. The molecule has 2 aliphatic heterocycles. The molecular weight excluding hydrogens is 240 g/mol. The number of carbonyl (C=O) groups is 3. The van der Waals surface area contributed by atoms with Crippen LogP contribution in [0.1, 0.15) is 25.7 Å². The van der Waals surface area contributed by atoms with Gasteiger partial charge >= 0.3 is 6.16 Å². The molecule has 0 N–H and O–H groups in total. The first-order chi connectivity index (χ1) is 8.49. The van der Waals surface area contributed by atoms with E-state index in [1.165, 1.54) is 0 Å². The molecule has 0 atom stereocenters. The molecule has 7 heteroatoms. The third-order valence-corrected chi connectivity index (χ3v) is 2.61. The minimum Gasteiger partial charge on any atom is -0.297 e. The first kappa shape index (κ1) is 12.2. The lowest BCUT2D eigenvalue weighted by Gasteiger charge is -2.18. The Balaban J connectivity index is 1.93. The van der Waals surface area contributed by atoms with Crippen molar-refractivity contribution in [2.45, 2.75) is 25.7 Å². The van der Waals surface area contributed by atoms with Gasteiger partial charge < -0.3 is 0 Å². The van der Waals surface area contributed by atoms with Gasteiger partial charge in [-0.3, -0.25) is 19.3 Å². The average Bonchev–Trinajstić information content (AvgIpc) is 2.79. The van der Waals surface area contributed by atoms with Gasteiger partial charge in [0.05, 0.1) is 11.4 Å². The van der Waals surface area contributed by atoms with Crippen molar-refractivity contribution in [2.75, 3.05) is 0 Å². The van der Waals surface area contributed by atoms with Gasteiger partial charge in [0.25, 0.3) is 11.8 Å². The van der Waals surface area contributed by atoms with E-state index in [-0.39, 0.29) is 24.7 Å². The van der Waals surface area contributed by atoms with E-state index in [9.17, 15) is 14.4 Å². The van der Waals surface area contributed by atoms with Crippen LogP contribution in [0.5, 0.6) is 0 Å². The Labute approximate surface area is 103 Å². The number of rotatable bonds is 2. The fourth-order valence-electron chi connectivity index (χ4n) is 1.66. The molecule has 0 aromatic rings. The van der Waals surface area contributed by atoms with Crippen molar-refractivity contribution in [3.8, 4) is 0 Å². The van der Waals surface area contributed by atoms with E-state index < -0.39 is 6.16 Å². The van der Waals surface area contributed by atoms with E-state index in [0.717, 1.165) is 10.1 Å². The number of nitrogens with zero attached hydrogens (tertiary/aromatic N) is 2. The molecule has 0 bridgehead atoms. The fraction of sp³-hybridized carbons (Fsp3) is 0.364. The highest BCUT2D eigenvalue weighted by Gasteiger charge is 2.33. The number of hydroxylamine groups is 4. The standard InChI is InChI=1S/C11H12N2O5/c1-7-3-5-9(14)12(7)17-11(16)18-13-8(2)4-6-10(13)15/h1-6H2. The highest BCUT2D eigenvalue weighted by atomic mass is 16.9. The normalized spacial score (nSPS) is 19.8. The predicted octanol–water partition coefficient (Wildman–Crippen LogP) is 1.24. The zero-order chi connectivity index (χ0) is 13.3. The van der Waals surface area contributed by atoms with Gasteiger partial charge in [0.15, 0.2) is 0 Å². The number of hydrogen-bond acceptors (Lipinski definition) is 5. The lowest BCUT2D eigenvalue weighted by Crippen LogP contribution is -2.32. The molecule has 0 aromatic heterocycles. The van der Waals surface area contributed by atoms with Gasteiger partial charge in [-0.2, -0.15) is 4.79 Å². The Hall–Kier alpha value is -2.31. The average molecular weight is 252 g/mol. The summed E-state index contributed by atoms with van der Waals surface area (Å²) < 4.78 is 0. The lowest BCUT2D eigenvalue weighted by molar-refractivity contribution is -0.181. The van der Waals surface area contributed by atoms with Gasteiger partial charge in [0.1, 0.15) is 0 Å². The summed E-state index contributed by atoms with van der Waals surface area (Å²) >= 11 is 0.